The van der Waals surface area contributed by atoms with E-state index in [9.17, 15) is 0 Å². The molecule has 0 fully saturated rings. The Morgan fingerprint density at radius 1 is 1.08 bits per heavy atom. The van der Waals surface area contributed by atoms with Gasteiger partial charge in [-0.25, -0.2) is 4.98 Å². The average molecular weight is 326 g/mol. The van der Waals surface area contributed by atoms with Gasteiger partial charge in [-0.05, 0) is 31.2 Å². The van der Waals surface area contributed by atoms with Crippen molar-refractivity contribution in [3.8, 4) is 17.3 Å². The Balaban J connectivity index is 1.91. The van der Waals surface area contributed by atoms with Crippen molar-refractivity contribution >= 4 is 17.6 Å². The van der Waals surface area contributed by atoms with Crippen molar-refractivity contribution in [3.05, 3.63) is 42.1 Å². The molecule has 1 aromatic carbocycles. The molecule has 0 aliphatic heterocycles. The lowest BCUT2D eigenvalue weighted by molar-refractivity contribution is 0.395. The second-order valence-corrected chi connectivity index (χ2v) is 5.03. The lowest BCUT2D eigenvalue weighted by atomic mass is 10.2. The van der Waals surface area contributed by atoms with Crippen LogP contribution in [0.25, 0.3) is 5.82 Å². The van der Waals surface area contributed by atoms with E-state index in [0.29, 0.717) is 29.0 Å². The van der Waals surface area contributed by atoms with Gasteiger partial charge in [0.15, 0.2) is 5.82 Å². The minimum absolute atomic E-state index is 0.239. The number of nitrogens with two attached hydrogens (primary N) is 1. The zero-order valence-corrected chi connectivity index (χ0v) is 13.6. The fraction of sp³-hybridized carbons (Fsp3) is 0.188. The number of methoxy groups -OCH3 is 2. The SMILES string of the molecule is COc1ccc(Nc2nc(N)n(-c3cccc(C)n3)n2)c(OC)c1. The Bertz CT molecular complexity index is 862. The van der Waals surface area contributed by atoms with Crippen LogP contribution in [0.1, 0.15) is 5.69 Å². The minimum Gasteiger partial charge on any atom is -0.497 e. The maximum Gasteiger partial charge on any atom is 0.249 e. The summed E-state index contributed by atoms with van der Waals surface area (Å²) in [5.74, 6) is 2.49. The first-order chi connectivity index (χ1) is 11.6. The second kappa shape index (κ2) is 6.45. The van der Waals surface area contributed by atoms with Gasteiger partial charge in [0.2, 0.25) is 11.9 Å². The van der Waals surface area contributed by atoms with E-state index < -0.39 is 0 Å². The zero-order valence-electron chi connectivity index (χ0n) is 13.6. The van der Waals surface area contributed by atoms with Crippen molar-refractivity contribution in [2.75, 3.05) is 25.3 Å². The fourth-order valence-electron chi connectivity index (χ4n) is 2.21. The second-order valence-electron chi connectivity index (χ2n) is 5.03. The summed E-state index contributed by atoms with van der Waals surface area (Å²) >= 11 is 0. The predicted octanol–water partition coefficient (Wildman–Crippen LogP) is 2.31. The largest absolute Gasteiger partial charge is 0.497 e. The van der Waals surface area contributed by atoms with E-state index in [1.54, 1.807) is 20.3 Å². The number of benzene rings is 1. The highest BCUT2D eigenvalue weighted by Gasteiger charge is 2.12. The molecule has 3 N–H and O–H groups in total. The third-order valence-electron chi connectivity index (χ3n) is 3.38. The van der Waals surface area contributed by atoms with Crippen molar-refractivity contribution in [1.29, 1.82) is 0 Å². The molecule has 8 nitrogen and oxygen atoms in total. The lowest BCUT2D eigenvalue weighted by Crippen LogP contribution is -2.05. The van der Waals surface area contributed by atoms with E-state index in [0.717, 1.165) is 5.69 Å². The van der Waals surface area contributed by atoms with Gasteiger partial charge in [0.25, 0.3) is 0 Å². The van der Waals surface area contributed by atoms with Gasteiger partial charge >= 0.3 is 0 Å². The number of ether oxygens (including phenoxy) is 2. The molecule has 0 aliphatic carbocycles. The Morgan fingerprint density at radius 3 is 2.62 bits per heavy atom. The van der Waals surface area contributed by atoms with E-state index in [1.165, 1.54) is 4.68 Å². The number of hydrogen-bond donors (Lipinski definition) is 2. The standard InChI is InChI=1S/C16H18N6O2/c1-10-5-4-6-14(18-10)22-15(17)20-16(21-22)19-12-8-7-11(23-2)9-13(12)24-3/h4-9H,1-3H3,(H3,17,19,20,21). The molecule has 8 heteroatoms. The number of rotatable bonds is 5. The molecule has 0 atom stereocenters. The molecule has 2 heterocycles. The van der Waals surface area contributed by atoms with Gasteiger partial charge in [-0.3, -0.25) is 0 Å². The van der Waals surface area contributed by atoms with Gasteiger partial charge in [0.05, 0.1) is 19.9 Å². The molecular formula is C16H18N6O2. The number of nitrogens with one attached hydrogen (secondary N) is 1. The maximum atomic E-state index is 5.95. The number of pyridine rings is 1. The molecule has 3 rings (SSSR count). The van der Waals surface area contributed by atoms with Gasteiger partial charge < -0.3 is 20.5 Å². The molecule has 0 spiro atoms. The van der Waals surface area contributed by atoms with E-state index in [4.69, 9.17) is 15.2 Å². The van der Waals surface area contributed by atoms with Crippen LogP contribution in [0.2, 0.25) is 0 Å². The summed E-state index contributed by atoms with van der Waals surface area (Å²) in [7, 11) is 3.18. The number of nitrogens with zero attached hydrogens (tertiary/aromatic N) is 4. The third-order valence-corrected chi connectivity index (χ3v) is 3.38. The smallest absolute Gasteiger partial charge is 0.249 e. The van der Waals surface area contributed by atoms with Crippen LogP contribution < -0.4 is 20.5 Å². The zero-order chi connectivity index (χ0) is 17.1. The lowest BCUT2D eigenvalue weighted by Gasteiger charge is -2.10. The monoisotopic (exact) mass is 326 g/mol. The predicted molar refractivity (Wildman–Crippen MR) is 91.1 cm³/mol. The van der Waals surface area contributed by atoms with Crippen LogP contribution in [0.4, 0.5) is 17.6 Å². The summed E-state index contributed by atoms with van der Waals surface area (Å²) in [4.78, 5) is 8.61. The molecule has 0 saturated carbocycles. The maximum absolute atomic E-state index is 5.95. The topological polar surface area (TPSA) is 100 Å². The van der Waals surface area contributed by atoms with E-state index in [-0.39, 0.29) is 5.95 Å². The van der Waals surface area contributed by atoms with Crippen molar-refractivity contribution in [2.45, 2.75) is 6.92 Å². The summed E-state index contributed by atoms with van der Waals surface area (Å²) in [5, 5.41) is 7.44. The first kappa shape index (κ1) is 15.6. The van der Waals surface area contributed by atoms with Crippen LogP contribution in [0.3, 0.4) is 0 Å². The molecule has 0 aliphatic rings. The molecule has 24 heavy (non-hydrogen) atoms. The van der Waals surface area contributed by atoms with Crippen molar-refractivity contribution < 1.29 is 9.47 Å². The van der Waals surface area contributed by atoms with E-state index >= 15 is 0 Å². The van der Waals surface area contributed by atoms with Gasteiger partial charge in [0.1, 0.15) is 11.5 Å². The van der Waals surface area contributed by atoms with E-state index in [2.05, 4.69) is 20.4 Å². The van der Waals surface area contributed by atoms with Crippen molar-refractivity contribution in [2.24, 2.45) is 0 Å². The van der Waals surface area contributed by atoms with Gasteiger partial charge in [0, 0.05) is 11.8 Å². The molecule has 124 valence electrons. The Kier molecular flexibility index (Phi) is 4.19. The van der Waals surface area contributed by atoms with Gasteiger partial charge in [-0.15, -0.1) is 5.10 Å². The molecule has 0 saturated heterocycles. The van der Waals surface area contributed by atoms with Crippen LogP contribution in [-0.2, 0) is 0 Å². The quantitative estimate of drug-likeness (QED) is 0.742. The fourth-order valence-corrected chi connectivity index (χ4v) is 2.21. The van der Waals surface area contributed by atoms with Gasteiger partial charge in [-0.1, -0.05) is 6.07 Å². The Labute approximate surface area is 139 Å². The van der Waals surface area contributed by atoms with Crippen LogP contribution >= 0.6 is 0 Å². The van der Waals surface area contributed by atoms with Crippen LogP contribution in [-0.4, -0.2) is 34.0 Å². The highest BCUT2D eigenvalue weighted by molar-refractivity contribution is 5.64. The molecule has 2 aromatic heterocycles. The summed E-state index contributed by atoms with van der Waals surface area (Å²) < 4.78 is 12.0. The summed E-state index contributed by atoms with van der Waals surface area (Å²) in [6.07, 6.45) is 0. The third kappa shape index (κ3) is 3.07. The first-order valence-electron chi connectivity index (χ1n) is 7.26. The van der Waals surface area contributed by atoms with Crippen LogP contribution in [0, 0.1) is 6.92 Å². The van der Waals surface area contributed by atoms with Crippen LogP contribution in [0.5, 0.6) is 11.5 Å². The molecule has 0 bridgehead atoms. The number of anilines is 3. The molecule has 0 unspecified atom stereocenters. The molecular weight excluding hydrogens is 308 g/mol. The van der Waals surface area contributed by atoms with Gasteiger partial charge in [-0.2, -0.15) is 9.67 Å². The Morgan fingerprint density at radius 2 is 1.92 bits per heavy atom. The van der Waals surface area contributed by atoms with E-state index in [1.807, 2.05) is 37.3 Å². The highest BCUT2D eigenvalue weighted by Crippen LogP contribution is 2.31. The van der Waals surface area contributed by atoms with Crippen molar-refractivity contribution in [1.82, 2.24) is 19.7 Å². The number of hydrogen-bond acceptors (Lipinski definition) is 7. The van der Waals surface area contributed by atoms with Crippen LogP contribution in [0.15, 0.2) is 36.4 Å². The summed E-state index contributed by atoms with van der Waals surface area (Å²) in [6, 6.07) is 11.0. The molecule has 0 radical (unpaired) electrons. The number of aryl methyl sites for hydroxylation is 1. The summed E-state index contributed by atoms with van der Waals surface area (Å²) in [6.45, 7) is 1.90. The normalized spacial score (nSPS) is 10.5. The summed E-state index contributed by atoms with van der Waals surface area (Å²) in [5.41, 5.74) is 7.52. The average Bonchev–Trinajstić information content (AvgIpc) is 2.95. The number of aromatic nitrogens is 4. The highest BCUT2D eigenvalue weighted by atomic mass is 16.5. The Hall–Kier alpha value is -3.29. The molecule has 0 amide bonds. The number of nitrogen functional groups attached to an aromatic ring is 1. The first-order valence-corrected chi connectivity index (χ1v) is 7.26. The molecule has 3 aromatic rings. The minimum atomic E-state index is 0.239. The van der Waals surface area contributed by atoms with Crippen molar-refractivity contribution in [3.63, 3.8) is 0 Å².